The number of nitrogens with one attached hydrogen (secondary N) is 1. The number of hydrogen-bond donors (Lipinski definition) is 2. The van der Waals surface area contributed by atoms with Crippen molar-refractivity contribution < 1.29 is 4.79 Å². The smallest absolute Gasteiger partial charge is 0.211 e. The molecule has 3 N–H and O–H groups in total. The fourth-order valence-electron chi connectivity index (χ4n) is 3.67. The van der Waals surface area contributed by atoms with Gasteiger partial charge in [0.2, 0.25) is 6.41 Å². The molecule has 1 saturated carbocycles. The summed E-state index contributed by atoms with van der Waals surface area (Å²) in [4.78, 5) is 24.3. The van der Waals surface area contributed by atoms with E-state index in [0.29, 0.717) is 35.3 Å². The summed E-state index contributed by atoms with van der Waals surface area (Å²) in [6.45, 7) is 2.31. The Morgan fingerprint density at radius 1 is 1.23 bits per heavy atom. The van der Waals surface area contributed by atoms with Gasteiger partial charge in [-0.05, 0) is 43.7 Å². The molecule has 0 unspecified atom stereocenters. The maximum atomic E-state index is 10.7. The average Bonchev–Trinajstić information content (AvgIpc) is 3.07. The standard InChI is InChI=1S/C19H22N6O/c1-12-5-7-15(8-6-12)25-10-21-16-17(20)23-18(24-19(16)25)13-3-2-4-14(9-13)22-11-26/h2-4,9-12,15H,5-8H2,1H3,(H,22,26)(H2,20,23,24). The molecule has 4 rings (SSSR count). The number of nitrogens with two attached hydrogens (primary N) is 1. The van der Waals surface area contributed by atoms with Gasteiger partial charge in [-0.3, -0.25) is 4.79 Å². The highest BCUT2D eigenvalue weighted by Gasteiger charge is 2.23. The van der Waals surface area contributed by atoms with E-state index in [-0.39, 0.29) is 0 Å². The van der Waals surface area contributed by atoms with E-state index in [4.69, 9.17) is 10.7 Å². The predicted molar refractivity (Wildman–Crippen MR) is 102 cm³/mol. The monoisotopic (exact) mass is 350 g/mol. The molecule has 0 aliphatic heterocycles. The van der Waals surface area contributed by atoms with E-state index < -0.39 is 0 Å². The summed E-state index contributed by atoms with van der Waals surface area (Å²) < 4.78 is 2.15. The van der Waals surface area contributed by atoms with Gasteiger partial charge in [0.1, 0.15) is 5.52 Å². The Bertz CT molecular complexity index is 942. The molecule has 2 aromatic heterocycles. The van der Waals surface area contributed by atoms with Gasteiger partial charge in [0, 0.05) is 17.3 Å². The topological polar surface area (TPSA) is 98.7 Å². The SMILES string of the molecule is CC1CCC(n2cnc3c(N)nc(-c4cccc(NC=O)c4)nc32)CC1. The molecule has 0 radical (unpaired) electrons. The minimum atomic E-state index is 0.377. The Balaban J connectivity index is 1.76. The summed E-state index contributed by atoms with van der Waals surface area (Å²) in [6, 6.07) is 7.80. The summed E-state index contributed by atoms with van der Waals surface area (Å²) in [7, 11) is 0. The Kier molecular flexibility index (Phi) is 4.28. The molecule has 0 saturated heterocycles. The second-order valence-electron chi connectivity index (χ2n) is 7.01. The first-order chi connectivity index (χ1) is 12.7. The summed E-state index contributed by atoms with van der Waals surface area (Å²) >= 11 is 0. The molecule has 1 aliphatic carbocycles. The van der Waals surface area contributed by atoms with Crippen LogP contribution in [0.1, 0.15) is 38.6 Å². The summed E-state index contributed by atoms with van der Waals surface area (Å²) in [5.41, 5.74) is 9.07. The minimum Gasteiger partial charge on any atom is -0.382 e. The Hall–Kier alpha value is -2.96. The average molecular weight is 350 g/mol. The van der Waals surface area contributed by atoms with E-state index in [2.05, 4.69) is 26.8 Å². The van der Waals surface area contributed by atoms with Crippen LogP contribution < -0.4 is 11.1 Å². The van der Waals surface area contributed by atoms with Crippen LogP contribution in [0.4, 0.5) is 11.5 Å². The van der Waals surface area contributed by atoms with E-state index in [1.54, 1.807) is 0 Å². The first kappa shape index (κ1) is 16.5. The zero-order valence-electron chi connectivity index (χ0n) is 14.7. The van der Waals surface area contributed by atoms with Gasteiger partial charge >= 0.3 is 0 Å². The molecule has 3 aromatic rings. The Morgan fingerprint density at radius 2 is 2.04 bits per heavy atom. The van der Waals surface area contributed by atoms with Crippen LogP contribution in [-0.4, -0.2) is 25.9 Å². The second kappa shape index (κ2) is 6.74. The number of carbonyl (C=O) groups is 1. The zero-order valence-corrected chi connectivity index (χ0v) is 14.7. The molecule has 134 valence electrons. The number of carbonyl (C=O) groups excluding carboxylic acids is 1. The fourth-order valence-corrected chi connectivity index (χ4v) is 3.67. The molecule has 1 amide bonds. The van der Waals surface area contributed by atoms with Crippen molar-refractivity contribution >= 4 is 29.1 Å². The lowest BCUT2D eigenvalue weighted by Crippen LogP contribution is -2.16. The van der Waals surface area contributed by atoms with Gasteiger partial charge in [-0.15, -0.1) is 0 Å². The first-order valence-electron chi connectivity index (χ1n) is 8.96. The van der Waals surface area contributed by atoms with Crippen molar-refractivity contribution in [3.63, 3.8) is 0 Å². The van der Waals surface area contributed by atoms with Crippen molar-refractivity contribution in [3.8, 4) is 11.4 Å². The van der Waals surface area contributed by atoms with Gasteiger partial charge in [-0.25, -0.2) is 15.0 Å². The van der Waals surface area contributed by atoms with Crippen LogP contribution in [0.2, 0.25) is 0 Å². The van der Waals surface area contributed by atoms with Crippen molar-refractivity contribution in [2.75, 3.05) is 11.1 Å². The lowest BCUT2D eigenvalue weighted by molar-refractivity contribution is -0.105. The van der Waals surface area contributed by atoms with Crippen LogP contribution in [0, 0.1) is 5.92 Å². The number of anilines is 2. The van der Waals surface area contributed by atoms with Crippen LogP contribution in [0.5, 0.6) is 0 Å². The summed E-state index contributed by atoms with van der Waals surface area (Å²) in [5, 5.41) is 2.65. The molecule has 26 heavy (non-hydrogen) atoms. The highest BCUT2D eigenvalue weighted by molar-refractivity contribution is 5.84. The van der Waals surface area contributed by atoms with Crippen LogP contribution >= 0.6 is 0 Å². The van der Waals surface area contributed by atoms with Crippen LogP contribution in [0.15, 0.2) is 30.6 Å². The third-order valence-electron chi connectivity index (χ3n) is 5.17. The largest absolute Gasteiger partial charge is 0.382 e. The van der Waals surface area contributed by atoms with Crippen molar-refractivity contribution in [3.05, 3.63) is 30.6 Å². The van der Waals surface area contributed by atoms with Gasteiger partial charge in [-0.2, -0.15) is 0 Å². The number of fused-ring (bicyclic) bond motifs is 1. The maximum Gasteiger partial charge on any atom is 0.211 e. The van der Waals surface area contributed by atoms with Gasteiger partial charge in [0.25, 0.3) is 0 Å². The predicted octanol–water partition coefficient (Wildman–Crippen LogP) is 3.40. The normalized spacial score (nSPS) is 20.2. The van der Waals surface area contributed by atoms with E-state index in [9.17, 15) is 4.79 Å². The van der Waals surface area contributed by atoms with Crippen molar-refractivity contribution in [1.29, 1.82) is 0 Å². The van der Waals surface area contributed by atoms with E-state index in [1.165, 1.54) is 12.8 Å². The quantitative estimate of drug-likeness (QED) is 0.703. The van der Waals surface area contributed by atoms with E-state index in [1.807, 2.05) is 30.6 Å². The molecule has 7 nitrogen and oxygen atoms in total. The molecular weight excluding hydrogens is 328 g/mol. The molecule has 0 bridgehead atoms. The summed E-state index contributed by atoms with van der Waals surface area (Å²) in [6.07, 6.45) is 7.19. The zero-order chi connectivity index (χ0) is 18.1. The Morgan fingerprint density at radius 3 is 2.81 bits per heavy atom. The number of hydrogen-bond acceptors (Lipinski definition) is 5. The number of imidazole rings is 1. The maximum absolute atomic E-state index is 10.7. The Labute approximate surface area is 151 Å². The molecule has 2 heterocycles. The first-order valence-corrected chi connectivity index (χ1v) is 8.96. The van der Waals surface area contributed by atoms with Crippen molar-refractivity contribution in [2.45, 2.75) is 38.6 Å². The number of rotatable bonds is 4. The highest BCUT2D eigenvalue weighted by atomic mass is 16.1. The molecule has 7 heteroatoms. The molecule has 1 fully saturated rings. The van der Waals surface area contributed by atoms with Crippen LogP contribution in [-0.2, 0) is 4.79 Å². The minimum absolute atomic E-state index is 0.377. The van der Waals surface area contributed by atoms with Gasteiger partial charge in [-0.1, -0.05) is 19.1 Å². The molecular formula is C19H22N6O. The van der Waals surface area contributed by atoms with Gasteiger partial charge in [0.05, 0.1) is 6.33 Å². The highest BCUT2D eigenvalue weighted by Crippen LogP contribution is 2.34. The third kappa shape index (κ3) is 3.00. The van der Waals surface area contributed by atoms with Crippen LogP contribution in [0.25, 0.3) is 22.6 Å². The fraction of sp³-hybridized carbons (Fsp3) is 0.368. The number of nitrogens with zero attached hydrogens (tertiary/aromatic N) is 4. The second-order valence-corrected chi connectivity index (χ2v) is 7.01. The number of benzene rings is 1. The van der Waals surface area contributed by atoms with Crippen molar-refractivity contribution in [1.82, 2.24) is 19.5 Å². The van der Waals surface area contributed by atoms with Gasteiger partial charge in [0.15, 0.2) is 17.3 Å². The van der Waals surface area contributed by atoms with Gasteiger partial charge < -0.3 is 15.6 Å². The van der Waals surface area contributed by atoms with Crippen molar-refractivity contribution in [2.24, 2.45) is 5.92 Å². The number of aromatic nitrogens is 4. The lowest BCUT2D eigenvalue weighted by Gasteiger charge is -2.27. The number of amides is 1. The molecule has 0 atom stereocenters. The molecule has 0 spiro atoms. The lowest BCUT2D eigenvalue weighted by atomic mass is 9.87. The third-order valence-corrected chi connectivity index (χ3v) is 5.17. The van der Waals surface area contributed by atoms with E-state index in [0.717, 1.165) is 30.0 Å². The van der Waals surface area contributed by atoms with Crippen LogP contribution in [0.3, 0.4) is 0 Å². The molecule has 1 aromatic carbocycles. The van der Waals surface area contributed by atoms with E-state index >= 15 is 0 Å². The molecule has 1 aliphatic rings. The summed E-state index contributed by atoms with van der Waals surface area (Å²) in [5.74, 6) is 1.70. The number of nitrogen functional groups attached to an aromatic ring is 1.